The van der Waals surface area contributed by atoms with Gasteiger partial charge >= 0.3 is 0 Å². The van der Waals surface area contributed by atoms with Crippen LogP contribution in [-0.2, 0) is 28.9 Å². The lowest BCUT2D eigenvalue weighted by Gasteiger charge is -2.30. The number of nitrogens with one attached hydrogen (secondary N) is 1. The molecule has 3 aromatic rings. The first-order chi connectivity index (χ1) is 18.4. The molecule has 2 atom stereocenters. The predicted octanol–water partition coefficient (Wildman–Crippen LogP) is 3.23. The number of aryl methyl sites for hydroxylation is 2. The Bertz CT molecular complexity index is 1440. The first-order valence-electron chi connectivity index (χ1n) is 13.6. The lowest BCUT2D eigenvalue weighted by atomic mass is 9.90. The molecule has 0 radical (unpaired) electrons. The number of carbonyl (C=O) groups is 1. The summed E-state index contributed by atoms with van der Waals surface area (Å²) in [5, 5.41) is 12.8. The highest BCUT2D eigenvalue weighted by Crippen LogP contribution is 2.47. The summed E-state index contributed by atoms with van der Waals surface area (Å²) in [6.45, 7) is 12.1. The van der Waals surface area contributed by atoms with E-state index in [1.165, 1.54) is 0 Å². The number of pyridine rings is 1. The summed E-state index contributed by atoms with van der Waals surface area (Å²) < 4.78 is 14.8. The van der Waals surface area contributed by atoms with Gasteiger partial charge in [0.1, 0.15) is 5.82 Å². The topological polar surface area (TPSA) is 120 Å². The van der Waals surface area contributed by atoms with Gasteiger partial charge in [0, 0.05) is 36.4 Å². The van der Waals surface area contributed by atoms with Crippen LogP contribution in [0.25, 0.3) is 11.0 Å². The van der Waals surface area contributed by atoms with Crippen LogP contribution in [0.1, 0.15) is 62.8 Å². The number of anilines is 1. The molecule has 10 nitrogen and oxygen atoms in total. The minimum Gasteiger partial charge on any atom is -0.349 e. The molecule has 2 aliphatic heterocycles. The molecule has 0 aromatic carbocycles. The van der Waals surface area contributed by atoms with Crippen molar-refractivity contribution in [2.24, 2.45) is 5.73 Å². The van der Waals surface area contributed by atoms with Gasteiger partial charge in [-0.25, -0.2) is 4.98 Å². The number of hydrogen-bond acceptors (Lipinski definition) is 8. The minimum atomic E-state index is -0.852. The molecule has 0 saturated carbocycles. The smallest absolute Gasteiger partial charge is 0.272 e. The van der Waals surface area contributed by atoms with Gasteiger partial charge in [-0.05, 0) is 71.6 Å². The van der Waals surface area contributed by atoms with Gasteiger partial charge in [-0.2, -0.15) is 0 Å². The van der Waals surface area contributed by atoms with Crippen LogP contribution in [-0.4, -0.2) is 67.8 Å². The highest BCUT2D eigenvalue weighted by molar-refractivity contribution is 6.35. The van der Waals surface area contributed by atoms with E-state index in [0.717, 1.165) is 41.8 Å². The molecule has 6 rings (SSSR count). The second kappa shape index (κ2) is 9.12. The Hall–Kier alpha value is -2.79. The summed E-state index contributed by atoms with van der Waals surface area (Å²) in [6, 6.07) is 5.55. The second-order valence-corrected chi connectivity index (χ2v) is 12.3. The molecule has 5 heterocycles. The number of nitrogens with zero attached hydrogens (tertiary/aromatic N) is 5. The largest absolute Gasteiger partial charge is 0.349 e. The van der Waals surface area contributed by atoms with Crippen molar-refractivity contribution in [3.8, 4) is 0 Å². The maximum absolute atomic E-state index is 13.0. The van der Waals surface area contributed by atoms with E-state index < -0.39 is 17.0 Å². The van der Waals surface area contributed by atoms with Crippen LogP contribution in [0, 0.1) is 0 Å². The minimum absolute atomic E-state index is 0.0147. The van der Waals surface area contributed by atoms with Crippen molar-refractivity contribution in [1.29, 1.82) is 0 Å². The van der Waals surface area contributed by atoms with Crippen molar-refractivity contribution >= 4 is 34.4 Å². The number of hydrogen-bond donors (Lipinski definition) is 2. The van der Waals surface area contributed by atoms with E-state index in [9.17, 15) is 4.79 Å². The predicted molar refractivity (Wildman–Crippen MR) is 149 cm³/mol. The molecule has 3 aromatic heterocycles. The van der Waals surface area contributed by atoms with Crippen LogP contribution >= 0.6 is 11.6 Å². The fraction of sp³-hybridized carbons (Fsp3) is 0.571. The average Bonchev–Trinajstić information content (AvgIpc) is 3.44. The molecule has 208 valence electrons. The van der Waals surface area contributed by atoms with Crippen LogP contribution in [0.4, 0.5) is 5.82 Å². The summed E-state index contributed by atoms with van der Waals surface area (Å²) >= 11 is 6.36. The summed E-state index contributed by atoms with van der Waals surface area (Å²) in [6.07, 6.45) is 4.07. The zero-order valence-electron chi connectivity index (χ0n) is 23.1. The molecule has 3 aliphatic rings. The van der Waals surface area contributed by atoms with Gasteiger partial charge in [0.05, 0.1) is 28.8 Å². The SMILES string of the molecule is CCn1cc(Cl)c2cc(C(=O)NC3CCc4nc(N5CC(N)C6(C5)OC(C)(C)C(C)(C)O6)ccc4C3)nnc21. The fourth-order valence-corrected chi connectivity index (χ4v) is 6.15. The summed E-state index contributed by atoms with van der Waals surface area (Å²) in [5.41, 5.74) is 8.79. The number of nitrogens with two attached hydrogens (primary N) is 1. The van der Waals surface area contributed by atoms with E-state index in [4.69, 9.17) is 31.8 Å². The normalized spacial score (nSPS) is 24.8. The number of aromatic nitrogens is 4. The third-order valence-corrected chi connectivity index (χ3v) is 9.06. The number of fused-ring (bicyclic) bond motifs is 2. The number of amides is 1. The summed E-state index contributed by atoms with van der Waals surface area (Å²) in [5.74, 6) is -0.228. The fourth-order valence-electron chi connectivity index (χ4n) is 5.90. The van der Waals surface area contributed by atoms with E-state index in [1.807, 2.05) is 51.4 Å². The van der Waals surface area contributed by atoms with Crippen molar-refractivity contribution in [3.05, 3.63) is 46.4 Å². The molecule has 1 spiro atoms. The number of rotatable bonds is 4. The third-order valence-electron chi connectivity index (χ3n) is 8.75. The molecule has 1 amide bonds. The first kappa shape index (κ1) is 26.4. The molecule has 1 aliphatic carbocycles. The highest BCUT2D eigenvalue weighted by atomic mass is 35.5. The van der Waals surface area contributed by atoms with Crippen molar-refractivity contribution in [1.82, 2.24) is 25.1 Å². The van der Waals surface area contributed by atoms with Crippen molar-refractivity contribution in [3.63, 3.8) is 0 Å². The van der Waals surface area contributed by atoms with Crippen LogP contribution in [0.15, 0.2) is 24.4 Å². The maximum atomic E-state index is 13.0. The Kier molecular flexibility index (Phi) is 6.18. The number of halogens is 1. The zero-order chi connectivity index (χ0) is 27.7. The van der Waals surface area contributed by atoms with Crippen LogP contribution in [0.3, 0.4) is 0 Å². The quantitative estimate of drug-likeness (QED) is 0.505. The first-order valence-corrected chi connectivity index (χ1v) is 14.0. The number of ether oxygens (including phenoxy) is 2. The van der Waals surface area contributed by atoms with Crippen molar-refractivity contribution in [2.75, 3.05) is 18.0 Å². The number of carbonyl (C=O) groups excluding carboxylic acids is 1. The van der Waals surface area contributed by atoms with Gasteiger partial charge in [0.25, 0.3) is 5.91 Å². The second-order valence-electron chi connectivity index (χ2n) is 11.9. The van der Waals surface area contributed by atoms with Crippen LogP contribution in [0.2, 0.25) is 5.02 Å². The van der Waals surface area contributed by atoms with Gasteiger partial charge in [-0.1, -0.05) is 17.7 Å². The lowest BCUT2D eigenvalue weighted by Crippen LogP contribution is -2.49. The monoisotopic (exact) mass is 553 g/mol. The molecule has 3 N–H and O–H groups in total. The highest BCUT2D eigenvalue weighted by Gasteiger charge is 2.62. The molecular weight excluding hydrogens is 518 g/mol. The van der Waals surface area contributed by atoms with Crippen LogP contribution < -0.4 is 16.0 Å². The Morgan fingerprint density at radius 3 is 2.67 bits per heavy atom. The molecule has 0 bridgehead atoms. The van der Waals surface area contributed by atoms with Crippen LogP contribution in [0.5, 0.6) is 0 Å². The zero-order valence-corrected chi connectivity index (χ0v) is 23.9. The van der Waals surface area contributed by atoms with Gasteiger partial charge in [-0.15, -0.1) is 10.2 Å². The molecule has 11 heteroatoms. The van der Waals surface area contributed by atoms with E-state index in [2.05, 4.69) is 26.5 Å². The summed E-state index contributed by atoms with van der Waals surface area (Å²) in [7, 11) is 0. The van der Waals surface area contributed by atoms with Gasteiger partial charge in [-0.3, -0.25) is 4.79 Å². The standard InChI is InChI=1S/C28H36ClN7O3/c1-6-35-13-19(29)18-12-21(33-34-24(18)35)25(37)31-17-8-9-20-16(11-17)7-10-23(32-20)36-14-22(30)28(15-36)38-26(2,3)27(4,5)39-28/h7,10,12-13,17,22H,6,8-9,11,14-15,30H2,1-5H3,(H,31,37). The maximum Gasteiger partial charge on any atom is 0.272 e. The molecule has 39 heavy (non-hydrogen) atoms. The van der Waals surface area contributed by atoms with E-state index in [-0.39, 0.29) is 23.7 Å². The third kappa shape index (κ3) is 4.38. The lowest BCUT2D eigenvalue weighted by molar-refractivity contribution is -0.183. The average molecular weight is 554 g/mol. The Morgan fingerprint density at radius 2 is 1.95 bits per heavy atom. The Morgan fingerprint density at radius 1 is 1.21 bits per heavy atom. The molecule has 2 fully saturated rings. The van der Waals surface area contributed by atoms with Gasteiger partial charge < -0.3 is 30.0 Å². The Balaban J connectivity index is 1.13. The van der Waals surface area contributed by atoms with E-state index in [0.29, 0.717) is 30.2 Å². The van der Waals surface area contributed by atoms with E-state index in [1.54, 1.807) is 6.07 Å². The molecule has 2 unspecified atom stereocenters. The molecular formula is C28H36ClN7O3. The van der Waals surface area contributed by atoms with Crippen molar-refractivity contribution < 1.29 is 14.3 Å². The summed E-state index contributed by atoms with van der Waals surface area (Å²) in [4.78, 5) is 20.2. The molecule has 2 saturated heterocycles. The van der Waals surface area contributed by atoms with E-state index >= 15 is 0 Å². The van der Waals surface area contributed by atoms with Gasteiger partial charge in [0.2, 0.25) is 5.79 Å². The van der Waals surface area contributed by atoms with Crippen molar-refractivity contribution in [2.45, 2.75) is 89.5 Å². The van der Waals surface area contributed by atoms with Gasteiger partial charge in [0.15, 0.2) is 11.3 Å². The Labute approximate surface area is 233 Å².